The van der Waals surface area contributed by atoms with Crippen LogP contribution in [0.5, 0.6) is 0 Å². The highest BCUT2D eigenvalue weighted by atomic mass is 16.1. The first kappa shape index (κ1) is 15.7. The molecular weight excluding hydrogens is 214 g/mol. The molecule has 1 aromatic rings. The molecule has 0 bridgehead atoms. The van der Waals surface area contributed by atoms with Crippen molar-refractivity contribution in [2.24, 2.45) is 5.73 Å². The minimum Gasteiger partial charge on any atom is -0.333 e. The molecule has 0 fully saturated rings. The number of aromatic nitrogens is 1. The fraction of sp³-hybridized carbons (Fsp3) is 0.538. The van der Waals surface area contributed by atoms with Gasteiger partial charge in [0, 0.05) is 17.9 Å². The standard InChI is InChI=1S/C12H18N2O.CH5N/c1-12(2,3)14-11(9-15)8-10-4-6-13-7-5-10;1-2/h4-7,9,11,14H,8H2,1-3H3;2H2,1H3. The molecule has 0 aliphatic rings. The van der Waals surface area contributed by atoms with E-state index in [1.165, 1.54) is 7.05 Å². The number of carbonyl (C=O) groups excluding carboxylic acids is 1. The maximum absolute atomic E-state index is 10.9. The number of hydrogen-bond donors (Lipinski definition) is 2. The van der Waals surface area contributed by atoms with Crippen LogP contribution >= 0.6 is 0 Å². The molecule has 0 radical (unpaired) electrons. The molecule has 0 aromatic carbocycles. The van der Waals surface area contributed by atoms with E-state index >= 15 is 0 Å². The van der Waals surface area contributed by atoms with E-state index in [9.17, 15) is 4.79 Å². The average molecular weight is 237 g/mol. The van der Waals surface area contributed by atoms with Gasteiger partial charge in [-0.2, -0.15) is 0 Å². The maximum Gasteiger partial charge on any atom is 0.137 e. The molecule has 1 heterocycles. The fourth-order valence-corrected chi connectivity index (χ4v) is 1.46. The molecule has 17 heavy (non-hydrogen) atoms. The summed E-state index contributed by atoms with van der Waals surface area (Å²) < 4.78 is 0. The smallest absolute Gasteiger partial charge is 0.137 e. The first-order valence-electron chi connectivity index (χ1n) is 5.71. The monoisotopic (exact) mass is 237 g/mol. The molecule has 4 nitrogen and oxygen atoms in total. The van der Waals surface area contributed by atoms with Gasteiger partial charge in [0.15, 0.2) is 0 Å². The summed E-state index contributed by atoms with van der Waals surface area (Å²) in [5.41, 5.74) is 5.58. The highest BCUT2D eigenvalue weighted by molar-refractivity contribution is 5.58. The molecule has 1 unspecified atom stereocenters. The summed E-state index contributed by atoms with van der Waals surface area (Å²) in [6, 6.07) is 3.73. The van der Waals surface area contributed by atoms with Crippen LogP contribution in [0.15, 0.2) is 24.5 Å². The SMILES string of the molecule is CC(C)(C)NC(C=O)Cc1ccncc1.CN. The van der Waals surface area contributed by atoms with E-state index < -0.39 is 0 Å². The second-order valence-electron chi connectivity index (χ2n) is 4.70. The van der Waals surface area contributed by atoms with E-state index in [-0.39, 0.29) is 11.6 Å². The van der Waals surface area contributed by atoms with Gasteiger partial charge in [-0.3, -0.25) is 4.98 Å². The predicted octanol–water partition coefficient (Wildman–Crippen LogP) is 1.15. The summed E-state index contributed by atoms with van der Waals surface area (Å²) in [7, 11) is 1.50. The fourth-order valence-electron chi connectivity index (χ4n) is 1.46. The molecule has 0 aliphatic carbocycles. The minimum absolute atomic E-state index is 0.0430. The summed E-state index contributed by atoms with van der Waals surface area (Å²) in [5.74, 6) is 0. The Morgan fingerprint density at radius 2 is 1.88 bits per heavy atom. The van der Waals surface area contributed by atoms with Crippen LogP contribution in [0.1, 0.15) is 26.3 Å². The summed E-state index contributed by atoms with van der Waals surface area (Å²) in [4.78, 5) is 14.9. The van der Waals surface area contributed by atoms with Crippen LogP contribution in [0, 0.1) is 0 Å². The second kappa shape index (κ2) is 7.92. The average Bonchev–Trinajstić information content (AvgIpc) is 2.30. The van der Waals surface area contributed by atoms with Crippen molar-refractivity contribution in [2.75, 3.05) is 7.05 Å². The minimum atomic E-state index is -0.132. The Balaban J connectivity index is 0.00000121. The molecule has 1 aromatic heterocycles. The first-order chi connectivity index (χ1) is 8.01. The van der Waals surface area contributed by atoms with Gasteiger partial charge in [0.2, 0.25) is 0 Å². The molecule has 4 heteroatoms. The Labute approximate surface area is 104 Å². The van der Waals surface area contributed by atoms with Crippen molar-refractivity contribution >= 4 is 6.29 Å². The van der Waals surface area contributed by atoms with Crippen molar-refractivity contribution in [3.63, 3.8) is 0 Å². The summed E-state index contributed by atoms with van der Waals surface area (Å²) >= 11 is 0. The van der Waals surface area contributed by atoms with E-state index in [0.29, 0.717) is 6.42 Å². The highest BCUT2D eigenvalue weighted by Crippen LogP contribution is 2.05. The van der Waals surface area contributed by atoms with Gasteiger partial charge < -0.3 is 15.8 Å². The zero-order valence-electron chi connectivity index (χ0n) is 11.1. The quantitative estimate of drug-likeness (QED) is 0.771. The van der Waals surface area contributed by atoms with Crippen LogP contribution in [0.25, 0.3) is 0 Å². The van der Waals surface area contributed by atoms with Gasteiger partial charge in [-0.25, -0.2) is 0 Å². The molecule has 0 saturated carbocycles. The topological polar surface area (TPSA) is 68.0 Å². The molecule has 1 atom stereocenters. The van der Waals surface area contributed by atoms with Crippen LogP contribution in [0.3, 0.4) is 0 Å². The number of pyridine rings is 1. The van der Waals surface area contributed by atoms with Gasteiger partial charge in [0.1, 0.15) is 6.29 Å². The van der Waals surface area contributed by atoms with Gasteiger partial charge >= 0.3 is 0 Å². The zero-order valence-corrected chi connectivity index (χ0v) is 11.1. The van der Waals surface area contributed by atoms with E-state index in [0.717, 1.165) is 11.8 Å². The lowest BCUT2D eigenvalue weighted by molar-refractivity contribution is -0.110. The summed E-state index contributed by atoms with van der Waals surface area (Å²) in [6.07, 6.45) is 5.16. The third-order valence-corrected chi connectivity index (χ3v) is 1.99. The summed E-state index contributed by atoms with van der Waals surface area (Å²) in [6.45, 7) is 6.15. The number of nitrogens with one attached hydrogen (secondary N) is 1. The van der Waals surface area contributed by atoms with Crippen molar-refractivity contribution in [3.8, 4) is 0 Å². The Morgan fingerprint density at radius 3 is 2.29 bits per heavy atom. The molecule has 0 aliphatic heterocycles. The lowest BCUT2D eigenvalue weighted by atomic mass is 10.0. The Hall–Kier alpha value is -1.26. The van der Waals surface area contributed by atoms with Crippen molar-refractivity contribution in [2.45, 2.75) is 38.8 Å². The molecule has 3 N–H and O–H groups in total. The largest absolute Gasteiger partial charge is 0.333 e. The van der Waals surface area contributed by atoms with Gasteiger partial charge in [-0.1, -0.05) is 0 Å². The van der Waals surface area contributed by atoms with Crippen molar-refractivity contribution < 1.29 is 4.79 Å². The number of carbonyl (C=O) groups is 1. The molecular formula is C13H23N3O. The molecule has 96 valence electrons. The lowest BCUT2D eigenvalue weighted by Crippen LogP contribution is -2.45. The Kier molecular flexibility index (Phi) is 7.34. The third kappa shape index (κ3) is 7.60. The van der Waals surface area contributed by atoms with Crippen LogP contribution in [-0.2, 0) is 11.2 Å². The molecule has 0 amide bonds. The summed E-state index contributed by atoms with van der Waals surface area (Å²) in [5, 5.41) is 3.27. The number of aldehydes is 1. The second-order valence-corrected chi connectivity index (χ2v) is 4.70. The number of nitrogens with two attached hydrogens (primary N) is 1. The van der Waals surface area contributed by atoms with E-state index in [4.69, 9.17) is 0 Å². The first-order valence-corrected chi connectivity index (χ1v) is 5.71. The molecule has 0 spiro atoms. The zero-order chi connectivity index (χ0) is 13.3. The van der Waals surface area contributed by atoms with Gasteiger partial charge in [0.25, 0.3) is 0 Å². The number of nitrogens with zero attached hydrogens (tertiary/aromatic N) is 1. The lowest BCUT2D eigenvalue weighted by Gasteiger charge is -2.25. The van der Waals surface area contributed by atoms with Crippen molar-refractivity contribution in [1.29, 1.82) is 0 Å². The van der Waals surface area contributed by atoms with Crippen LogP contribution in [0.2, 0.25) is 0 Å². The van der Waals surface area contributed by atoms with Crippen LogP contribution < -0.4 is 11.1 Å². The van der Waals surface area contributed by atoms with Crippen LogP contribution in [0.4, 0.5) is 0 Å². The van der Waals surface area contributed by atoms with E-state index in [2.05, 4.69) is 36.8 Å². The van der Waals surface area contributed by atoms with Gasteiger partial charge in [-0.15, -0.1) is 0 Å². The Morgan fingerprint density at radius 1 is 1.35 bits per heavy atom. The Bertz CT molecular complexity index is 306. The maximum atomic E-state index is 10.9. The van der Waals surface area contributed by atoms with E-state index in [1.54, 1.807) is 12.4 Å². The number of rotatable bonds is 4. The third-order valence-electron chi connectivity index (χ3n) is 1.99. The van der Waals surface area contributed by atoms with E-state index in [1.807, 2.05) is 12.1 Å². The normalized spacial score (nSPS) is 12.3. The van der Waals surface area contributed by atoms with Gasteiger partial charge in [-0.05, 0) is 51.9 Å². The molecule has 0 saturated heterocycles. The van der Waals surface area contributed by atoms with Crippen molar-refractivity contribution in [3.05, 3.63) is 30.1 Å². The van der Waals surface area contributed by atoms with Gasteiger partial charge in [0.05, 0.1) is 6.04 Å². The highest BCUT2D eigenvalue weighted by Gasteiger charge is 2.16. The molecule has 1 rings (SSSR count). The predicted molar refractivity (Wildman–Crippen MR) is 70.8 cm³/mol. The number of hydrogen-bond acceptors (Lipinski definition) is 4. The van der Waals surface area contributed by atoms with Crippen LogP contribution in [-0.4, -0.2) is 29.9 Å². The van der Waals surface area contributed by atoms with Crippen molar-refractivity contribution in [1.82, 2.24) is 10.3 Å².